The van der Waals surface area contributed by atoms with Gasteiger partial charge in [-0.2, -0.15) is 0 Å². The van der Waals surface area contributed by atoms with Gasteiger partial charge in [-0.15, -0.1) is 0 Å². The second kappa shape index (κ2) is 10.1. The fraction of sp³-hybridized carbons (Fsp3) is 0.533. The first-order chi connectivity index (χ1) is 11.2. The molecule has 0 saturated heterocycles. The van der Waals surface area contributed by atoms with Gasteiger partial charge in [0.05, 0.1) is 30.8 Å². The number of hydrogen-bond acceptors (Lipinski definition) is 7. The molecule has 0 saturated carbocycles. The Kier molecular flexibility index (Phi) is 9.34. The van der Waals surface area contributed by atoms with Crippen molar-refractivity contribution in [3.05, 3.63) is 18.2 Å². The molecule has 1 unspecified atom stereocenters. The maximum Gasteiger partial charge on any atom is 0.304 e. The van der Waals surface area contributed by atoms with Gasteiger partial charge in [0.25, 0.3) is 0 Å². The van der Waals surface area contributed by atoms with Crippen LogP contribution in [0.2, 0.25) is 0 Å². The molecule has 0 radical (unpaired) electrons. The summed E-state index contributed by atoms with van der Waals surface area (Å²) in [6.07, 6.45) is -0.141. The van der Waals surface area contributed by atoms with Crippen LogP contribution in [0.5, 0.6) is 11.5 Å². The molecule has 0 heterocycles. The Morgan fingerprint density at radius 2 is 1.71 bits per heavy atom. The van der Waals surface area contributed by atoms with Crippen LogP contribution in [0, 0.1) is 5.92 Å². The third-order valence-corrected chi connectivity index (χ3v) is 5.41. The van der Waals surface area contributed by atoms with Crippen LogP contribution in [0.4, 0.5) is 0 Å². The van der Waals surface area contributed by atoms with E-state index in [1.165, 1.54) is 32.4 Å². The summed E-state index contributed by atoms with van der Waals surface area (Å²) < 4.78 is 35.6. The van der Waals surface area contributed by atoms with Gasteiger partial charge in [0.1, 0.15) is 0 Å². The molecule has 0 fully saturated rings. The van der Waals surface area contributed by atoms with E-state index in [-0.39, 0.29) is 17.2 Å². The minimum atomic E-state index is -3.77. The SMILES string of the molecule is COc1ccc(S(=O)(=O)C(CC(=O)O)CC(C)C)cc1OC.NO. The third-order valence-electron chi connectivity index (χ3n) is 3.26. The van der Waals surface area contributed by atoms with E-state index in [1.807, 2.05) is 13.8 Å². The average Bonchev–Trinajstić information content (AvgIpc) is 2.54. The van der Waals surface area contributed by atoms with E-state index in [0.29, 0.717) is 11.5 Å². The summed E-state index contributed by atoms with van der Waals surface area (Å²) in [7, 11) is -0.895. The van der Waals surface area contributed by atoms with Gasteiger partial charge in [-0.3, -0.25) is 4.79 Å². The van der Waals surface area contributed by atoms with Crippen molar-refractivity contribution in [3.63, 3.8) is 0 Å². The Morgan fingerprint density at radius 1 is 1.17 bits per heavy atom. The Bertz CT molecular complexity index is 629. The molecule has 0 aromatic heterocycles. The molecule has 1 rings (SSSR count). The van der Waals surface area contributed by atoms with Crippen molar-refractivity contribution in [2.24, 2.45) is 11.8 Å². The zero-order valence-electron chi connectivity index (χ0n) is 14.2. The second-order valence-corrected chi connectivity index (χ2v) is 7.64. The number of hydrogen-bond donors (Lipinski definition) is 3. The zero-order valence-corrected chi connectivity index (χ0v) is 15.0. The Hall–Kier alpha value is -1.84. The van der Waals surface area contributed by atoms with Gasteiger partial charge in [0.2, 0.25) is 0 Å². The van der Waals surface area contributed by atoms with Crippen LogP contribution >= 0.6 is 0 Å². The van der Waals surface area contributed by atoms with Crippen LogP contribution in [-0.2, 0) is 14.6 Å². The smallest absolute Gasteiger partial charge is 0.304 e. The monoisotopic (exact) mass is 363 g/mol. The van der Waals surface area contributed by atoms with E-state index in [0.717, 1.165) is 0 Å². The standard InChI is InChI=1S/C15H22O6S.H3NO/c1-10(2)7-12(9-15(16)17)22(18,19)11-5-6-13(20-3)14(8-11)21-4;1-2/h5-6,8,10,12H,7,9H2,1-4H3,(H,16,17);2H,1H2. The Morgan fingerprint density at radius 3 is 2.12 bits per heavy atom. The lowest BCUT2D eigenvalue weighted by Crippen LogP contribution is -2.26. The van der Waals surface area contributed by atoms with Gasteiger partial charge >= 0.3 is 5.97 Å². The molecule has 4 N–H and O–H groups in total. The number of methoxy groups -OCH3 is 2. The number of benzene rings is 1. The topological polar surface area (TPSA) is 136 Å². The minimum absolute atomic E-state index is 0.0389. The molecule has 24 heavy (non-hydrogen) atoms. The van der Waals surface area contributed by atoms with Gasteiger partial charge in [0, 0.05) is 6.07 Å². The molecule has 0 bridgehead atoms. The summed E-state index contributed by atoms with van der Waals surface area (Å²) in [4.78, 5) is 11.0. The highest BCUT2D eigenvalue weighted by molar-refractivity contribution is 7.92. The summed E-state index contributed by atoms with van der Waals surface area (Å²) in [6.45, 7) is 3.72. The predicted molar refractivity (Wildman–Crippen MR) is 88.2 cm³/mol. The maximum atomic E-state index is 12.7. The lowest BCUT2D eigenvalue weighted by Gasteiger charge is -2.19. The van der Waals surface area contributed by atoms with E-state index >= 15 is 0 Å². The van der Waals surface area contributed by atoms with Crippen LogP contribution < -0.4 is 15.4 Å². The number of carbonyl (C=O) groups is 1. The highest BCUT2D eigenvalue weighted by Gasteiger charge is 2.31. The molecule has 1 atom stereocenters. The number of sulfone groups is 1. The van der Waals surface area contributed by atoms with Gasteiger partial charge in [-0.25, -0.2) is 14.3 Å². The fourth-order valence-electron chi connectivity index (χ4n) is 2.23. The fourth-order valence-corrected chi connectivity index (χ4v) is 4.14. The molecule has 1 aromatic carbocycles. The number of carboxylic acids is 1. The number of aliphatic carboxylic acids is 1. The molecule has 0 aliphatic heterocycles. The lowest BCUT2D eigenvalue weighted by molar-refractivity contribution is -0.137. The van der Waals surface area contributed by atoms with Crippen molar-refractivity contribution in [1.82, 2.24) is 0 Å². The van der Waals surface area contributed by atoms with Crippen molar-refractivity contribution in [2.75, 3.05) is 14.2 Å². The molecular formula is C15H25NO7S. The molecule has 0 amide bonds. The number of nitrogens with two attached hydrogens (primary N) is 1. The summed E-state index contributed by atoms with van der Waals surface area (Å²) in [6, 6.07) is 4.27. The van der Waals surface area contributed by atoms with Crippen LogP contribution in [-0.4, -0.2) is 44.2 Å². The van der Waals surface area contributed by atoms with E-state index in [4.69, 9.17) is 19.8 Å². The Labute approximate surface area is 142 Å². The van der Waals surface area contributed by atoms with Gasteiger partial charge in [-0.1, -0.05) is 13.8 Å². The molecule has 9 heteroatoms. The molecule has 0 aliphatic rings. The number of rotatable bonds is 8. The predicted octanol–water partition coefficient (Wildman–Crippen LogP) is 1.70. The van der Waals surface area contributed by atoms with E-state index in [1.54, 1.807) is 0 Å². The highest BCUT2D eigenvalue weighted by atomic mass is 32.2. The Balaban J connectivity index is 0.00000254. The van der Waals surface area contributed by atoms with Crippen molar-refractivity contribution in [1.29, 1.82) is 0 Å². The molecule has 138 valence electrons. The summed E-state index contributed by atoms with van der Waals surface area (Å²) in [5.41, 5.74) is 0. The number of carboxylic acid groups (broad SMARTS) is 1. The first-order valence-electron chi connectivity index (χ1n) is 7.15. The maximum absolute atomic E-state index is 12.7. The first-order valence-corrected chi connectivity index (χ1v) is 8.70. The normalized spacial score (nSPS) is 12.1. The molecule has 0 spiro atoms. The minimum Gasteiger partial charge on any atom is -0.493 e. The third kappa shape index (κ3) is 5.99. The zero-order chi connectivity index (χ0) is 18.9. The van der Waals surface area contributed by atoms with Crippen molar-refractivity contribution < 1.29 is 33.0 Å². The molecular weight excluding hydrogens is 338 g/mol. The molecule has 8 nitrogen and oxygen atoms in total. The van der Waals surface area contributed by atoms with E-state index in [9.17, 15) is 13.2 Å². The summed E-state index contributed by atoms with van der Waals surface area (Å²) >= 11 is 0. The van der Waals surface area contributed by atoms with Crippen LogP contribution in [0.3, 0.4) is 0 Å². The van der Waals surface area contributed by atoms with Crippen molar-refractivity contribution in [3.8, 4) is 11.5 Å². The largest absolute Gasteiger partial charge is 0.493 e. The lowest BCUT2D eigenvalue weighted by atomic mass is 10.1. The van der Waals surface area contributed by atoms with Crippen LogP contribution in [0.15, 0.2) is 23.1 Å². The highest BCUT2D eigenvalue weighted by Crippen LogP contribution is 2.32. The van der Waals surface area contributed by atoms with E-state index in [2.05, 4.69) is 5.90 Å². The average molecular weight is 363 g/mol. The first kappa shape index (κ1) is 22.2. The van der Waals surface area contributed by atoms with Crippen molar-refractivity contribution >= 4 is 15.8 Å². The van der Waals surface area contributed by atoms with Crippen LogP contribution in [0.1, 0.15) is 26.7 Å². The quantitative estimate of drug-likeness (QED) is 0.594. The van der Waals surface area contributed by atoms with Gasteiger partial charge < -0.3 is 19.8 Å². The summed E-state index contributed by atoms with van der Waals surface area (Å²) in [5.74, 6) is 3.15. The molecule has 1 aromatic rings. The van der Waals surface area contributed by atoms with Gasteiger partial charge in [-0.05, 0) is 24.5 Å². The summed E-state index contributed by atoms with van der Waals surface area (Å²) in [5, 5.41) is 14.5. The van der Waals surface area contributed by atoms with E-state index < -0.39 is 27.5 Å². The second-order valence-electron chi connectivity index (χ2n) is 5.41. The van der Waals surface area contributed by atoms with Gasteiger partial charge in [0.15, 0.2) is 21.3 Å². The molecule has 0 aliphatic carbocycles. The van der Waals surface area contributed by atoms with Crippen molar-refractivity contribution in [2.45, 2.75) is 36.8 Å². The number of ether oxygens (including phenoxy) is 2. The van der Waals surface area contributed by atoms with Crippen LogP contribution in [0.25, 0.3) is 0 Å².